The number of nitrogens with zero attached hydrogens (tertiary/aromatic N) is 3. The van der Waals surface area contributed by atoms with Crippen molar-refractivity contribution < 1.29 is 0 Å². The van der Waals surface area contributed by atoms with Crippen LogP contribution in [0.4, 0.5) is 0 Å². The van der Waals surface area contributed by atoms with Crippen molar-refractivity contribution in [1.82, 2.24) is 25.0 Å². The van der Waals surface area contributed by atoms with Crippen LogP contribution in [-0.4, -0.2) is 25.0 Å². The molecule has 0 atom stereocenters. The molecule has 0 radical (unpaired) electrons. The Labute approximate surface area is 86.2 Å². The molecular formula is C8H11N5S. The molecule has 0 aliphatic rings. The van der Waals surface area contributed by atoms with Crippen molar-refractivity contribution in [2.24, 2.45) is 0 Å². The van der Waals surface area contributed by atoms with E-state index in [1.807, 2.05) is 10.6 Å². The monoisotopic (exact) mass is 209 g/mol. The molecule has 2 rings (SSSR count). The lowest BCUT2D eigenvalue weighted by molar-refractivity contribution is 0.673. The van der Waals surface area contributed by atoms with Crippen molar-refractivity contribution in [3.63, 3.8) is 0 Å². The zero-order valence-corrected chi connectivity index (χ0v) is 8.64. The molecule has 2 aromatic rings. The maximum atomic E-state index is 5.12. The Balaban J connectivity index is 2.48. The summed E-state index contributed by atoms with van der Waals surface area (Å²) in [5.41, 5.74) is 0.880. The van der Waals surface area contributed by atoms with E-state index in [-0.39, 0.29) is 0 Å². The van der Waals surface area contributed by atoms with Gasteiger partial charge in [-0.3, -0.25) is 14.8 Å². The summed E-state index contributed by atoms with van der Waals surface area (Å²) in [6, 6.07) is 1.87. The third-order valence-electron chi connectivity index (χ3n) is 1.95. The van der Waals surface area contributed by atoms with Crippen molar-refractivity contribution in [2.75, 3.05) is 0 Å². The van der Waals surface area contributed by atoms with Crippen LogP contribution in [0.25, 0.3) is 11.5 Å². The fourth-order valence-electron chi connectivity index (χ4n) is 1.33. The molecule has 0 fully saturated rings. The SMILES string of the molecule is CCCn1c(-c2ccn[nH]2)n[nH]c1=S. The smallest absolute Gasteiger partial charge is 0.195 e. The summed E-state index contributed by atoms with van der Waals surface area (Å²) >= 11 is 5.12. The Kier molecular flexibility index (Phi) is 2.45. The van der Waals surface area contributed by atoms with Gasteiger partial charge in [-0.15, -0.1) is 0 Å². The topological polar surface area (TPSA) is 62.3 Å². The molecule has 14 heavy (non-hydrogen) atoms. The van der Waals surface area contributed by atoms with Crippen molar-refractivity contribution >= 4 is 12.2 Å². The van der Waals surface area contributed by atoms with Gasteiger partial charge in [0.25, 0.3) is 0 Å². The molecule has 0 saturated carbocycles. The second-order valence-electron chi connectivity index (χ2n) is 2.97. The maximum absolute atomic E-state index is 5.12. The van der Waals surface area contributed by atoms with Gasteiger partial charge in [0.2, 0.25) is 0 Å². The first-order chi connectivity index (χ1) is 6.83. The van der Waals surface area contributed by atoms with Crippen LogP contribution in [0.2, 0.25) is 0 Å². The molecule has 0 aromatic carbocycles. The van der Waals surface area contributed by atoms with Gasteiger partial charge in [0.1, 0.15) is 5.69 Å². The van der Waals surface area contributed by atoms with Crippen LogP contribution in [0.15, 0.2) is 12.3 Å². The Morgan fingerprint density at radius 1 is 1.50 bits per heavy atom. The van der Waals surface area contributed by atoms with Gasteiger partial charge in [-0.05, 0) is 24.7 Å². The summed E-state index contributed by atoms with van der Waals surface area (Å²) in [5.74, 6) is 0.814. The van der Waals surface area contributed by atoms with Crippen LogP contribution >= 0.6 is 12.2 Å². The minimum absolute atomic E-state index is 0.649. The molecule has 0 unspecified atom stereocenters. The minimum Gasteiger partial charge on any atom is -0.299 e. The number of hydrogen-bond acceptors (Lipinski definition) is 3. The molecule has 0 saturated heterocycles. The minimum atomic E-state index is 0.649. The van der Waals surface area contributed by atoms with E-state index < -0.39 is 0 Å². The van der Waals surface area contributed by atoms with Crippen LogP contribution in [-0.2, 0) is 6.54 Å². The molecule has 5 nitrogen and oxygen atoms in total. The second-order valence-corrected chi connectivity index (χ2v) is 3.36. The van der Waals surface area contributed by atoms with E-state index in [1.165, 1.54) is 0 Å². The van der Waals surface area contributed by atoms with Crippen LogP contribution in [0.5, 0.6) is 0 Å². The van der Waals surface area contributed by atoms with Crippen molar-refractivity contribution in [3.05, 3.63) is 17.0 Å². The number of aromatic nitrogens is 5. The number of rotatable bonds is 3. The highest BCUT2D eigenvalue weighted by Gasteiger charge is 2.08. The molecule has 0 aliphatic carbocycles. The van der Waals surface area contributed by atoms with Crippen molar-refractivity contribution in [2.45, 2.75) is 19.9 Å². The predicted octanol–water partition coefficient (Wildman–Crippen LogP) is 1.74. The Hall–Kier alpha value is -1.43. The number of aromatic amines is 2. The molecular weight excluding hydrogens is 198 g/mol. The summed E-state index contributed by atoms with van der Waals surface area (Å²) in [7, 11) is 0. The Morgan fingerprint density at radius 3 is 3.00 bits per heavy atom. The fraction of sp³-hybridized carbons (Fsp3) is 0.375. The van der Waals surface area contributed by atoms with E-state index in [4.69, 9.17) is 12.2 Å². The van der Waals surface area contributed by atoms with Gasteiger partial charge in [0.15, 0.2) is 10.6 Å². The van der Waals surface area contributed by atoms with Gasteiger partial charge in [-0.1, -0.05) is 6.92 Å². The van der Waals surface area contributed by atoms with Gasteiger partial charge < -0.3 is 0 Å². The quantitative estimate of drug-likeness (QED) is 0.757. The van der Waals surface area contributed by atoms with Gasteiger partial charge in [-0.25, -0.2) is 0 Å². The van der Waals surface area contributed by atoms with E-state index >= 15 is 0 Å². The lowest BCUT2D eigenvalue weighted by Crippen LogP contribution is -1.99. The number of H-pyrrole nitrogens is 2. The van der Waals surface area contributed by atoms with Crippen LogP contribution in [0.1, 0.15) is 13.3 Å². The van der Waals surface area contributed by atoms with E-state index in [0.29, 0.717) is 4.77 Å². The first-order valence-corrected chi connectivity index (χ1v) is 4.88. The molecule has 0 spiro atoms. The van der Waals surface area contributed by atoms with Crippen LogP contribution < -0.4 is 0 Å². The van der Waals surface area contributed by atoms with E-state index in [2.05, 4.69) is 27.3 Å². The lowest BCUT2D eigenvalue weighted by Gasteiger charge is -2.01. The molecule has 2 N–H and O–H groups in total. The molecule has 0 aliphatic heterocycles. The van der Waals surface area contributed by atoms with E-state index in [9.17, 15) is 0 Å². The lowest BCUT2D eigenvalue weighted by atomic mass is 10.4. The van der Waals surface area contributed by atoms with Gasteiger partial charge in [0.05, 0.1) is 0 Å². The molecule has 2 aromatic heterocycles. The number of hydrogen-bond donors (Lipinski definition) is 2. The Morgan fingerprint density at radius 2 is 2.36 bits per heavy atom. The van der Waals surface area contributed by atoms with Crippen LogP contribution in [0.3, 0.4) is 0 Å². The van der Waals surface area contributed by atoms with Crippen molar-refractivity contribution in [3.8, 4) is 11.5 Å². The average Bonchev–Trinajstić information content (AvgIpc) is 2.77. The molecule has 0 amide bonds. The standard InChI is InChI=1S/C8H11N5S/c1-2-5-13-7(11-12-8(13)14)6-3-4-9-10-6/h3-4H,2,5H2,1H3,(H,9,10)(H,12,14). The van der Waals surface area contributed by atoms with E-state index in [0.717, 1.165) is 24.5 Å². The van der Waals surface area contributed by atoms with Gasteiger partial charge in [0, 0.05) is 12.7 Å². The zero-order chi connectivity index (χ0) is 9.97. The van der Waals surface area contributed by atoms with Gasteiger partial charge in [-0.2, -0.15) is 10.2 Å². The second kappa shape index (κ2) is 3.75. The predicted molar refractivity (Wildman–Crippen MR) is 55.3 cm³/mol. The summed E-state index contributed by atoms with van der Waals surface area (Å²) in [4.78, 5) is 0. The highest BCUT2D eigenvalue weighted by Crippen LogP contribution is 2.13. The third kappa shape index (κ3) is 1.48. The van der Waals surface area contributed by atoms with E-state index in [1.54, 1.807) is 6.20 Å². The largest absolute Gasteiger partial charge is 0.299 e. The highest BCUT2D eigenvalue weighted by atomic mass is 32.1. The highest BCUT2D eigenvalue weighted by molar-refractivity contribution is 7.71. The zero-order valence-electron chi connectivity index (χ0n) is 7.82. The third-order valence-corrected chi connectivity index (χ3v) is 2.26. The molecule has 2 heterocycles. The Bertz CT molecular complexity index is 452. The summed E-state index contributed by atoms with van der Waals surface area (Å²) < 4.78 is 2.61. The summed E-state index contributed by atoms with van der Waals surface area (Å²) in [6.45, 7) is 2.97. The van der Waals surface area contributed by atoms with Gasteiger partial charge >= 0.3 is 0 Å². The molecule has 0 bridgehead atoms. The number of nitrogens with one attached hydrogen (secondary N) is 2. The fourth-order valence-corrected chi connectivity index (χ4v) is 1.56. The molecule has 74 valence electrons. The summed E-state index contributed by atoms with van der Waals surface area (Å²) in [5, 5.41) is 13.7. The maximum Gasteiger partial charge on any atom is 0.195 e. The van der Waals surface area contributed by atoms with Crippen molar-refractivity contribution in [1.29, 1.82) is 0 Å². The van der Waals surface area contributed by atoms with Crippen LogP contribution in [0, 0.1) is 4.77 Å². The first kappa shape index (κ1) is 9.14. The average molecular weight is 209 g/mol. The first-order valence-electron chi connectivity index (χ1n) is 4.48. The molecule has 6 heteroatoms. The summed E-state index contributed by atoms with van der Waals surface area (Å²) in [6.07, 6.45) is 2.72. The normalized spacial score (nSPS) is 10.6.